The molecule has 0 heterocycles. The standard InChI is InChI=1S/C20H18F6N2O3/c1-2-31-17(30)18(20(24,25)26,27-12-13-7-4-3-5-8-13)28-16(29)14-9-6-10-15(11-14)19(21,22)23/h3-11,27H,2,12H2,1H3,(H,28,29). The Bertz CT molecular complexity index is 915. The number of hydrogen-bond donors (Lipinski definition) is 2. The average molecular weight is 448 g/mol. The molecule has 2 aromatic carbocycles. The molecule has 0 aromatic heterocycles. The average Bonchev–Trinajstić information content (AvgIpc) is 2.70. The van der Waals surface area contributed by atoms with Crippen molar-refractivity contribution in [2.45, 2.75) is 31.5 Å². The summed E-state index contributed by atoms with van der Waals surface area (Å²) >= 11 is 0. The van der Waals surface area contributed by atoms with Crippen molar-refractivity contribution in [2.24, 2.45) is 0 Å². The second-order valence-electron chi connectivity index (χ2n) is 6.34. The number of rotatable bonds is 7. The SMILES string of the molecule is CCOC(=O)C(NCc1ccccc1)(NC(=O)c1cccc(C(F)(F)F)c1)C(F)(F)F. The lowest BCUT2D eigenvalue weighted by molar-refractivity contribution is -0.219. The Morgan fingerprint density at radius 2 is 1.58 bits per heavy atom. The van der Waals surface area contributed by atoms with E-state index in [9.17, 15) is 35.9 Å². The smallest absolute Gasteiger partial charge is 0.436 e. The van der Waals surface area contributed by atoms with Gasteiger partial charge in [-0.15, -0.1) is 0 Å². The summed E-state index contributed by atoms with van der Waals surface area (Å²) in [6.45, 7) is 0.343. The van der Waals surface area contributed by atoms with Gasteiger partial charge in [0.2, 0.25) is 0 Å². The van der Waals surface area contributed by atoms with Crippen molar-refractivity contribution in [1.29, 1.82) is 0 Å². The molecule has 0 saturated heterocycles. The Kier molecular flexibility index (Phi) is 7.32. The highest BCUT2D eigenvalue weighted by atomic mass is 19.4. The van der Waals surface area contributed by atoms with Gasteiger partial charge >= 0.3 is 18.3 Å². The summed E-state index contributed by atoms with van der Waals surface area (Å²) in [6.07, 6.45) is -10.2. The first-order chi connectivity index (χ1) is 14.4. The zero-order chi connectivity index (χ0) is 23.3. The molecule has 1 atom stereocenters. The number of esters is 1. The molecule has 2 N–H and O–H groups in total. The van der Waals surface area contributed by atoms with E-state index in [4.69, 9.17) is 0 Å². The van der Waals surface area contributed by atoms with Crippen LogP contribution < -0.4 is 10.6 Å². The van der Waals surface area contributed by atoms with Crippen LogP contribution in [0, 0.1) is 0 Å². The minimum absolute atomic E-state index is 0.355. The predicted octanol–water partition coefficient (Wildman–Crippen LogP) is 4.05. The molecule has 2 aromatic rings. The lowest BCUT2D eigenvalue weighted by atomic mass is 10.1. The predicted molar refractivity (Wildman–Crippen MR) is 97.6 cm³/mol. The zero-order valence-corrected chi connectivity index (χ0v) is 16.1. The van der Waals surface area contributed by atoms with Crippen LogP contribution in [0.2, 0.25) is 0 Å². The molecule has 11 heteroatoms. The van der Waals surface area contributed by atoms with Crippen LogP contribution in [0.25, 0.3) is 0 Å². The molecule has 0 saturated carbocycles. The molecule has 168 valence electrons. The molecule has 0 aliphatic carbocycles. The van der Waals surface area contributed by atoms with E-state index in [1.807, 2.05) is 5.32 Å². The van der Waals surface area contributed by atoms with Crippen LogP contribution in [-0.4, -0.2) is 30.3 Å². The van der Waals surface area contributed by atoms with Crippen molar-refractivity contribution in [3.63, 3.8) is 0 Å². The van der Waals surface area contributed by atoms with Gasteiger partial charge < -0.3 is 10.1 Å². The monoisotopic (exact) mass is 448 g/mol. The minimum atomic E-state index is -5.38. The maximum absolute atomic E-state index is 14.0. The van der Waals surface area contributed by atoms with Crippen molar-refractivity contribution >= 4 is 11.9 Å². The number of alkyl halides is 6. The molecule has 5 nitrogen and oxygen atoms in total. The van der Waals surface area contributed by atoms with E-state index in [1.54, 1.807) is 18.2 Å². The fourth-order valence-corrected chi connectivity index (χ4v) is 2.60. The summed E-state index contributed by atoms with van der Waals surface area (Å²) in [5.41, 5.74) is -5.28. The molecule has 0 bridgehead atoms. The summed E-state index contributed by atoms with van der Waals surface area (Å²) in [5, 5.41) is 3.47. The number of benzene rings is 2. The van der Waals surface area contributed by atoms with Gasteiger partial charge in [0, 0.05) is 12.1 Å². The Morgan fingerprint density at radius 3 is 2.13 bits per heavy atom. The molecule has 31 heavy (non-hydrogen) atoms. The van der Waals surface area contributed by atoms with Gasteiger partial charge in [0.25, 0.3) is 11.6 Å². The number of halogens is 6. The van der Waals surface area contributed by atoms with E-state index < -0.39 is 54.2 Å². The first-order valence-electron chi connectivity index (χ1n) is 8.93. The quantitative estimate of drug-likeness (QED) is 0.381. The molecule has 1 amide bonds. The fraction of sp³-hybridized carbons (Fsp3) is 0.300. The van der Waals surface area contributed by atoms with Gasteiger partial charge in [-0.3, -0.25) is 10.1 Å². The summed E-state index contributed by atoms with van der Waals surface area (Å²) in [4.78, 5) is 24.8. The van der Waals surface area contributed by atoms with Gasteiger partial charge in [-0.25, -0.2) is 4.79 Å². The van der Waals surface area contributed by atoms with Crippen LogP contribution in [-0.2, 0) is 22.3 Å². The first-order valence-corrected chi connectivity index (χ1v) is 8.93. The second kappa shape index (κ2) is 9.38. The van der Waals surface area contributed by atoms with Crippen molar-refractivity contribution in [3.05, 3.63) is 71.3 Å². The third-order valence-corrected chi connectivity index (χ3v) is 4.16. The van der Waals surface area contributed by atoms with Crippen LogP contribution in [0.15, 0.2) is 54.6 Å². The van der Waals surface area contributed by atoms with Crippen molar-refractivity contribution in [1.82, 2.24) is 10.6 Å². The summed E-state index contributed by atoms with van der Waals surface area (Å²) in [7, 11) is 0. The van der Waals surface area contributed by atoms with Crippen LogP contribution in [0.3, 0.4) is 0 Å². The van der Waals surface area contributed by atoms with E-state index >= 15 is 0 Å². The number of carbonyl (C=O) groups excluding carboxylic acids is 2. The topological polar surface area (TPSA) is 67.4 Å². The molecule has 0 spiro atoms. The van der Waals surface area contributed by atoms with Gasteiger partial charge in [-0.1, -0.05) is 36.4 Å². The molecule has 0 aliphatic rings. The highest BCUT2D eigenvalue weighted by Gasteiger charge is 2.63. The highest BCUT2D eigenvalue weighted by molar-refractivity contribution is 5.98. The largest absolute Gasteiger partial charge is 0.463 e. The fourth-order valence-electron chi connectivity index (χ4n) is 2.60. The Balaban J connectivity index is 2.43. The number of hydrogen-bond acceptors (Lipinski definition) is 4. The first kappa shape index (κ1) is 24.2. The van der Waals surface area contributed by atoms with E-state index in [0.717, 1.165) is 12.1 Å². The summed E-state index contributed by atoms with van der Waals surface area (Å²) in [6, 6.07) is 10.5. The van der Waals surface area contributed by atoms with Gasteiger partial charge in [0.15, 0.2) is 0 Å². The lowest BCUT2D eigenvalue weighted by Crippen LogP contribution is -2.72. The third-order valence-electron chi connectivity index (χ3n) is 4.16. The van der Waals surface area contributed by atoms with Crippen LogP contribution >= 0.6 is 0 Å². The van der Waals surface area contributed by atoms with E-state index in [-0.39, 0.29) is 0 Å². The normalized spacial score (nSPS) is 13.9. The van der Waals surface area contributed by atoms with Gasteiger partial charge in [0.1, 0.15) is 0 Å². The Morgan fingerprint density at radius 1 is 0.935 bits per heavy atom. The van der Waals surface area contributed by atoms with E-state index in [0.29, 0.717) is 17.7 Å². The maximum atomic E-state index is 14.0. The Hall–Kier alpha value is -3.08. The minimum Gasteiger partial charge on any atom is -0.463 e. The number of amides is 1. The van der Waals surface area contributed by atoms with Gasteiger partial charge in [-0.05, 0) is 30.7 Å². The molecule has 0 fully saturated rings. The number of nitrogens with one attached hydrogen (secondary N) is 2. The van der Waals surface area contributed by atoms with Crippen molar-refractivity contribution in [3.8, 4) is 0 Å². The van der Waals surface area contributed by atoms with E-state index in [1.165, 1.54) is 24.4 Å². The molecular formula is C20H18F6N2O3. The second-order valence-corrected chi connectivity index (χ2v) is 6.34. The molecule has 0 aliphatic heterocycles. The highest BCUT2D eigenvalue weighted by Crippen LogP contribution is 2.32. The van der Waals surface area contributed by atoms with Crippen LogP contribution in [0.4, 0.5) is 26.3 Å². The molecular weight excluding hydrogens is 430 g/mol. The Labute approximate surface area is 173 Å². The van der Waals surface area contributed by atoms with Crippen molar-refractivity contribution < 1.29 is 40.7 Å². The third kappa shape index (κ3) is 5.75. The lowest BCUT2D eigenvalue weighted by Gasteiger charge is -2.35. The molecule has 2 rings (SSSR count). The summed E-state index contributed by atoms with van der Waals surface area (Å²) < 4.78 is 85.3. The maximum Gasteiger partial charge on any atom is 0.436 e. The number of ether oxygens (including phenoxy) is 1. The zero-order valence-electron chi connectivity index (χ0n) is 16.1. The molecule has 1 unspecified atom stereocenters. The van der Waals surface area contributed by atoms with Crippen molar-refractivity contribution in [2.75, 3.05) is 6.61 Å². The van der Waals surface area contributed by atoms with Gasteiger partial charge in [-0.2, -0.15) is 26.3 Å². The number of carbonyl (C=O) groups is 2. The van der Waals surface area contributed by atoms with Crippen LogP contribution in [0.5, 0.6) is 0 Å². The summed E-state index contributed by atoms with van der Waals surface area (Å²) in [5.74, 6) is -3.39. The van der Waals surface area contributed by atoms with Crippen LogP contribution in [0.1, 0.15) is 28.4 Å². The van der Waals surface area contributed by atoms with E-state index in [2.05, 4.69) is 4.74 Å². The van der Waals surface area contributed by atoms with Gasteiger partial charge in [0.05, 0.1) is 12.2 Å². The molecule has 0 radical (unpaired) electrons.